The van der Waals surface area contributed by atoms with Crippen molar-refractivity contribution in [2.24, 2.45) is 10.7 Å². The number of aliphatic imine (C=N–C) groups is 1. The number of likely N-dealkylation sites (tertiary alicyclic amines) is 1. The van der Waals surface area contributed by atoms with Gasteiger partial charge in [-0.05, 0) is 63.9 Å². The minimum atomic E-state index is 0.531. The third kappa shape index (κ3) is 6.09. The average Bonchev–Trinajstić information content (AvgIpc) is 3.10. The number of ether oxygens (including phenoxy) is 2. The van der Waals surface area contributed by atoms with Gasteiger partial charge in [-0.15, -0.1) is 0 Å². The molecule has 0 bridgehead atoms. The Balaban J connectivity index is 1.80. The highest BCUT2D eigenvalue weighted by atomic mass is 16.5. The Bertz CT molecular complexity index is 577. The fourth-order valence-corrected chi connectivity index (χ4v) is 3.36. The zero-order valence-electron chi connectivity index (χ0n) is 16.5. The highest BCUT2D eigenvalue weighted by Gasteiger charge is 2.22. The van der Waals surface area contributed by atoms with Crippen molar-refractivity contribution < 1.29 is 9.47 Å². The van der Waals surface area contributed by atoms with Crippen LogP contribution in [0.4, 0.5) is 0 Å². The molecule has 6 heteroatoms. The van der Waals surface area contributed by atoms with Crippen molar-refractivity contribution in [3.8, 4) is 11.5 Å². The van der Waals surface area contributed by atoms with Crippen LogP contribution in [0.5, 0.6) is 11.5 Å². The van der Waals surface area contributed by atoms with Crippen molar-refractivity contribution in [3.05, 3.63) is 23.8 Å². The van der Waals surface area contributed by atoms with E-state index in [0.717, 1.165) is 37.6 Å². The Morgan fingerprint density at radius 1 is 1.23 bits per heavy atom. The van der Waals surface area contributed by atoms with E-state index in [9.17, 15) is 0 Å². The third-order valence-electron chi connectivity index (χ3n) is 4.71. The van der Waals surface area contributed by atoms with Crippen molar-refractivity contribution in [1.29, 1.82) is 0 Å². The monoisotopic (exact) mass is 362 g/mol. The van der Waals surface area contributed by atoms with Crippen LogP contribution in [0.2, 0.25) is 0 Å². The summed E-state index contributed by atoms with van der Waals surface area (Å²) in [5.41, 5.74) is 7.21. The van der Waals surface area contributed by atoms with Gasteiger partial charge >= 0.3 is 0 Å². The van der Waals surface area contributed by atoms with Gasteiger partial charge in [0.15, 0.2) is 17.5 Å². The Hall–Kier alpha value is -1.95. The van der Waals surface area contributed by atoms with Crippen LogP contribution >= 0.6 is 0 Å². The van der Waals surface area contributed by atoms with E-state index in [1.54, 1.807) is 0 Å². The Kier molecular flexibility index (Phi) is 8.54. The smallest absolute Gasteiger partial charge is 0.188 e. The minimum absolute atomic E-state index is 0.531. The topological polar surface area (TPSA) is 72.1 Å². The van der Waals surface area contributed by atoms with Gasteiger partial charge in [-0.25, -0.2) is 0 Å². The normalized spacial score (nSPS) is 18.1. The summed E-state index contributed by atoms with van der Waals surface area (Å²) in [6.45, 7) is 11.2. The van der Waals surface area contributed by atoms with Crippen LogP contribution in [0.3, 0.4) is 0 Å². The van der Waals surface area contributed by atoms with Crippen LogP contribution in [0.25, 0.3) is 0 Å². The summed E-state index contributed by atoms with van der Waals surface area (Å²) in [4.78, 5) is 7.00. The van der Waals surface area contributed by atoms with Crippen LogP contribution in [-0.4, -0.2) is 56.3 Å². The SMILES string of the molecule is CCOc1ccc(CCNC(N)=NCC2CCCN2CC)cc1OCC. The van der Waals surface area contributed by atoms with Gasteiger partial charge < -0.3 is 20.5 Å². The highest BCUT2D eigenvalue weighted by molar-refractivity contribution is 5.77. The van der Waals surface area contributed by atoms with Gasteiger partial charge in [0.1, 0.15) is 0 Å². The number of rotatable bonds is 10. The number of nitrogens with one attached hydrogen (secondary N) is 1. The molecule has 0 radical (unpaired) electrons. The van der Waals surface area contributed by atoms with Crippen LogP contribution in [0.1, 0.15) is 39.2 Å². The fourth-order valence-electron chi connectivity index (χ4n) is 3.36. The number of hydrogen-bond donors (Lipinski definition) is 2. The Morgan fingerprint density at radius 2 is 2.00 bits per heavy atom. The lowest BCUT2D eigenvalue weighted by atomic mass is 10.1. The molecule has 0 saturated carbocycles. The molecular weight excluding hydrogens is 328 g/mol. The van der Waals surface area contributed by atoms with Crippen molar-refractivity contribution in [1.82, 2.24) is 10.2 Å². The predicted molar refractivity (Wildman–Crippen MR) is 107 cm³/mol. The minimum Gasteiger partial charge on any atom is -0.490 e. The van der Waals surface area contributed by atoms with E-state index < -0.39 is 0 Å². The van der Waals surface area contributed by atoms with Gasteiger partial charge in [-0.3, -0.25) is 9.89 Å². The van der Waals surface area contributed by atoms with Crippen LogP contribution < -0.4 is 20.5 Å². The summed E-state index contributed by atoms with van der Waals surface area (Å²) in [5, 5.41) is 3.22. The van der Waals surface area contributed by atoms with Crippen LogP contribution in [-0.2, 0) is 6.42 Å². The molecule has 2 rings (SSSR count). The summed E-state index contributed by atoms with van der Waals surface area (Å²) >= 11 is 0. The fraction of sp³-hybridized carbons (Fsp3) is 0.650. The summed E-state index contributed by atoms with van der Waals surface area (Å²) < 4.78 is 11.3. The predicted octanol–water partition coefficient (Wildman–Crippen LogP) is 2.42. The summed E-state index contributed by atoms with van der Waals surface area (Å²) in [7, 11) is 0. The van der Waals surface area contributed by atoms with E-state index in [1.165, 1.54) is 24.9 Å². The van der Waals surface area contributed by atoms with Gasteiger partial charge in [-0.2, -0.15) is 0 Å². The van der Waals surface area contributed by atoms with E-state index in [4.69, 9.17) is 15.2 Å². The van der Waals surface area contributed by atoms with Crippen molar-refractivity contribution in [2.45, 2.75) is 46.1 Å². The van der Waals surface area contributed by atoms with E-state index in [-0.39, 0.29) is 0 Å². The summed E-state index contributed by atoms with van der Waals surface area (Å²) in [5.74, 6) is 2.13. The second-order valence-electron chi connectivity index (χ2n) is 6.47. The molecule has 1 heterocycles. The second kappa shape index (κ2) is 10.9. The van der Waals surface area contributed by atoms with E-state index >= 15 is 0 Å². The molecule has 1 fully saturated rings. The molecular formula is C20H34N4O2. The first-order valence-electron chi connectivity index (χ1n) is 9.84. The first kappa shape index (κ1) is 20.4. The second-order valence-corrected chi connectivity index (χ2v) is 6.47. The molecule has 0 amide bonds. The standard InChI is InChI=1S/C20H34N4O2/c1-4-24-13-7-8-17(24)15-23-20(21)22-12-11-16-9-10-18(25-5-2)19(14-16)26-6-3/h9-10,14,17H,4-8,11-13,15H2,1-3H3,(H3,21,22,23). The molecule has 0 aromatic heterocycles. The maximum Gasteiger partial charge on any atom is 0.188 e. The lowest BCUT2D eigenvalue weighted by Gasteiger charge is -2.21. The van der Waals surface area contributed by atoms with Crippen molar-refractivity contribution in [3.63, 3.8) is 0 Å². The molecule has 3 N–H and O–H groups in total. The van der Waals surface area contributed by atoms with E-state index in [1.807, 2.05) is 26.0 Å². The molecule has 1 aromatic carbocycles. The molecule has 1 saturated heterocycles. The number of hydrogen-bond acceptors (Lipinski definition) is 4. The van der Waals surface area contributed by atoms with Gasteiger partial charge in [0.05, 0.1) is 19.8 Å². The maximum absolute atomic E-state index is 6.02. The zero-order valence-corrected chi connectivity index (χ0v) is 16.5. The number of guanidine groups is 1. The Morgan fingerprint density at radius 3 is 2.73 bits per heavy atom. The molecule has 1 aliphatic heterocycles. The van der Waals surface area contributed by atoms with Gasteiger partial charge in [-0.1, -0.05) is 13.0 Å². The van der Waals surface area contributed by atoms with E-state index in [2.05, 4.69) is 28.2 Å². The third-order valence-corrected chi connectivity index (χ3v) is 4.71. The number of likely N-dealkylation sites (N-methyl/N-ethyl adjacent to an activating group) is 1. The molecule has 0 spiro atoms. The van der Waals surface area contributed by atoms with Gasteiger partial charge in [0, 0.05) is 12.6 Å². The largest absolute Gasteiger partial charge is 0.490 e. The van der Waals surface area contributed by atoms with E-state index in [0.29, 0.717) is 25.2 Å². The first-order chi connectivity index (χ1) is 12.7. The molecule has 1 aromatic rings. The lowest BCUT2D eigenvalue weighted by molar-refractivity contribution is 0.273. The summed E-state index contributed by atoms with van der Waals surface area (Å²) in [6, 6.07) is 6.63. The zero-order chi connectivity index (χ0) is 18.8. The molecule has 1 unspecified atom stereocenters. The van der Waals surface area contributed by atoms with Crippen LogP contribution in [0, 0.1) is 0 Å². The molecule has 6 nitrogen and oxygen atoms in total. The maximum atomic E-state index is 6.02. The average molecular weight is 363 g/mol. The quantitative estimate of drug-likeness (QED) is 0.494. The van der Waals surface area contributed by atoms with Crippen molar-refractivity contribution >= 4 is 5.96 Å². The first-order valence-corrected chi connectivity index (χ1v) is 9.84. The highest BCUT2D eigenvalue weighted by Crippen LogP contribution is 2.28. The molecule has 0 aliphatic carbocycles. The molecule has 1 aliphatic rings. The molecule has 1 atom stereocenters. The summed E-state index contributed by atoms with van der Waals surface area (Å²) in [6.07, 6.45) is 3.34. The number of nitrogens with two attached hydrogens (primary N) is 1. The van der Waals surface area contributed by atoms with Gasteiger partial charge in [0.25, 0.3) is 0 Å². The Labute approximate surface area is 157 Å². The van der Waals surface area contributed by atoms with Crippen molar-refractivity contribution in [2.75, 3.05) is 39.4 Å². The lowest BCUT2D eigenvalue weighted by Crippen LogP contribution is -2.36. The number of benzene rings is 1. The van der Waals surface area contributed by atoms with Crippen LogP contribution in [0.15, 0.2) is 23.2 Å². The molecule has 26 heavy (non-hydrogen) atoms. The molecule has 146 valence electrons. The van der Waals surface area contributed by atoms with Gasteiger partial charge in [0.2, 0.25) is 0 Å². The number of nitrogens with zero attached hydrogens (tertiary/aromatic N) is 2.